The smallest absolute Gasteiger partial charge is 0.147 e. The Balaban J connectivity index is 2.27. The van der Waals surface area contributed by atoms with Crippen LogP contribution in [0.25, 0.3) is 0 Å². The molecule has 0 N–H and O–H groups in total. The van der Waals surface area contributed by atoms with Gasteiger partial charge in [0, 0.05) is 12.6 Å². The van der Waals surface area contributed by atoms with Gasteiger partial charge in [0.1, 0.15) is 5.82 Å². The highest BCUT2D eigenvalue weighted by molar-refractivity contribution is 5.52. The first-order chi connectivity index (χ1) is 7.76. The van der Waals surface area contributed by atoms with Gasteiger partial charge < -0.3 is 4.90 Å². The summed E-state index contributed by atoms with van der Waals surface area (Å²) in [6.45, 7) is 2.98. The molecule has 1 saturated carbocycles. The van der Waals surface area contributed by atoms with Crippen LogP contribution in [0.3, 0.4) is 0 Å². The van der Waals surface area contributed by atoms with Crippen LogP contribution in [-0.4, -0.2) is 12.6 Å². The third kappa shape index (κ3) is 2.16. The standard InChI is InChI=1S/C13H15FN2/c1-2-7-16(11-4-5-11)13-6-3-10(9-15)8-12(13)14/h3,6,8,11H,2,4-5,7H2,1H3. The van der Waals surface area contributed by atoms with Crippen molar-refractivity contribution in [2.75, 3.05) is 11.4 Å². The molecule has 0 amide bonds. The van der Waals surface area contributed by atoms with E-state index in [1.165, 1.54) is 6.07 Å². The van der Waals surface area contributed by atoms with Crippen molar-refractivity contribution in [2.24, 2.45) is 0 Å². The Morgan fingerprint density at radius 3 is 2.75 bits per heavy atom. The molecule has 1 aromatic carbocycles. The van der Waals surface area contributed by atoms with Gasteiger partial charge in [0.25, 0.3) is 0 Å². The summed E-state index contributed by atoms with van der Waals surface area (Å²) in [4.78, 5) is 2.12. The lowest BCUT2D eigenvalue weighted by atomic mass is 10.2. The maximum absolute atomic E-state index is 13.8. The summed E-state index contributed by atoms with van der Waals surface area (Å²) in [5.74, 6) is -0.278. The third-order valence-electron chi connectivity index (χ3n) is 2.84. The van der Waals surface area contributed by atoms with Crippen molar-refractivity contribution in [3.8, 4) is 6.07 Å². The average Bonchev–Trinajstić information content (AvgIpc) is 3.10. The Morgan fingerprint density at radius 2 is 2.25 bits per heavy atom. The van der Waals surface area contributed by atoms with Crippen LogP contribution in [0.4, 0.5) is 10.1 Å². The summed E-state index contributed by atoms with van der Waals surface area (Å²) in [6.07, 6.45) is 3.31. The lowest BCUT2D eigenvalue weighted by Crippen LogP contribution is -2.27. The number of benzene rings is 1. The average molecular weight is 218 g/mol. The minimum atomic E-state index is -0.278. The summed E-state index contributed by atoms with van der Waals surface area (Å²) in [5.41, 5.74) is 1.02. The molecule has 16 heavy (non-hydrogen) atoms. The van der Waals surface area contributed by atoms with E-state index < -0.39 is 0 Å². The van der Waals surface area contributed by atoms with Crippen molar-refractivity contribution < 1.29 is 4.39 Å². The molecule has 0 spiro atoms. The van der Waals surface area contributed by atoms with Gasteiger partial charge in [-0.15, -0.1) is 0 Å². The third-order valence-corrected chi connectivity index (χ3v) is 2.84. The molecule has 2 rings (SSSR count). The Kier molecular flexibility index (Phi) is 3.09. The zero-order chi connectivity index (χ0) is 11.5. The van der Waals surface area contributed by atoms with Crippen LogP contribution in [0.5, 0.6) is 0 Å². The first-order valence-electron chi connectivity index (χ1n) is 5.72. The van der Waals surface area contributed by atoms with E-state index in [1.807, 2.05) is 6.07 Å². The normalized spacial score (nSPS) is 14.6. The summed E-state index contributed by atoms with van der Waals surface area (Å²) >= 11 is 0. The van der Waals surface area contributed by atoms with E-state index in [9.17, 15) is 4.39 Å². The van der Waals surface area contributed by atoms with E-state index in [0.717, 1.165) is 25.8 Å². The molecule has 0 aromatic heterocycles. The van der Waals surface area contributed by atoms with Gasteiger partial charge in [-0.3, -0.25) is 0 Å². The lowest BCUT2D eigenvalue weighted by Gasteiger charge is -2.24. The van der Waals surface area contributed by atoms with Gasteiger partial charge in [0.15, 0.2) is 0 Å². The van der Waals surface area contributed by atoms with E-state index in [4.69, 9.17) is 5.26 Å². The van der Waals surface area contributed by atoms with Gasteiger partial charge in [0.2, 0.25) is 0 Å². The number of halogens is 1. The van der Waals surface area contributed by atoms with E-state index >= 15 is 0 Å². The number of hydrogen-bond acceptors (Lipinski definition) is 2. The summed E-state index contributed by atoms with van der Waals surface area (Å²) < 4.78 is 13.8. The maximum Gasteiger partial charge on any atom is 0.147 e. The number of rotatable bonds is 4. The topological polar surface area (TPSA) is 27.0 Å². The monoisotopic (exact) mass is 218 g/mol. The molecular formula is C13H15FN2. The molecule has 0 heterocycles. The molecule has 2 nitrogen and oxygen atoms in total. The van der Waals surface area contributed by atoms with Crippen molar-refractivity contribution >= 4 is 5.69 Å². The van der Waals surface area contributed by atoms with Crippen molar-refractivity contribution in [1.29, 1.82) is 5.26 Å². The number of nitriles is 1. The van der Waals surface area contributed by atoms with E-state index in [2.05, 4.69) is 11.8 Å². The number of hydrogen-bond donors (Lipinski definition) is 0. The first kappa shape index (κ1) is 10.9. The number of anilines is 1. The minimum absolute atomic E-state index is 0.278. The summed E-state index contributed by atoms with van der Waals surface area (Å²) in [5, 5.41) is 8.69. The van der Waals surface area contributed by atoms with Crippen molar-refractivity contribution in [2.45, 2.75) is 32.2 Å². The molecule has 84 valence electrons. The fraction of sp³-hybridized carbons (Fsp3) is 0.462. The van der Waals surface area contributed by atoms with Crippen molar-refractivity contribution in [1.82, 2.24) is 0 Å². The molecule has 3 heteroatoms. The first-order valence-corrected chi connectivity index (χ1v) is 5.72. The highest BCUT2D eigenvalue weighted by Crippen LogP contribution is 2.33. The lowest BCUT2D eigenvalue weighted by molar-refractivity contribution is 0.613. The highest BCUT2D eigenvalue weighted by atomic mass is 19.1. The predicted molar refractivity (Wildman–Crippen MR) is 61.8 cm³/mol. The quantitative estimate of drug-likeness (QED) is 0.776. The predicted octanol–water partition coefficient (Wildman–Crippen LogP) is 3.08. The second-order valence-corrected chi connectivity index (χ2v) is 4.20. The Labute approximate surface area is 95.3 Å². The van der Waals surface area contributed by atoms with Crippen LogP contribution < -0.4 is 4.90 Å². The van der Waals surface area contributed by atoms with Gasteiger partial charge >= 0.3 is 0 Å². The molecule has 1 aliphatic carbocycles. The largest absolute Gasteiger partial charge is 0.366 e. The van der Waals surface area contributed by atoms with Gasteiger partial charge in [-0.1, -0.05) is 6.92 Å². The molecule has 0 bridgehead atoms. The van der Waals surface area contributed by atoms with Crippen LogP contribution in [0.1, 0.15) is 31.7 Å². The van der Waals surface area contributed by atoms with E-state index in [-0.39, 0.29) is 5.82 Å². The second-order valence-electron chi connectivity index (χ2n) is 4.20. The van der Waals surface area contributed by atoms with Crippen LogP contribution >= 0.6 is 0 Å². The van der Waals surface area contributed by atoms with E-state index in [0.29, 0.717) is 17.3 Å². The molecular weight excluding hydrogens is 203 g/mol. The Morgan fingerprint density at radius 1 is 1.50 bits per heavy atom. The minimum Gasteiger partial charge on any atom is -0.366 e. The zero-order valence-electron chi connectivity index (χ0n) is 9.41. The Hall–Kier alpha value is -1.56. The highest BCUT2D eigenvalue weighted by Gasteiger charge is 2.30. The van der Waals surface area contributed by atoms with Gasteiger partial charge in [-0.05, 0) is 37.5 Å². The SMILES string of the molecule is CCCN(c1ccc(C#N)cc1F)C1CC1. The molecule has 1 aromatic rings. The van der Waals surface area contributed by atoms with E-state index in [1.54, 1.807) is 12.1 Å². The van der Waals surface area contributed by atoms with Gasteiger partial charge in [-0.25, -0.2) is 4.39 Å². The second kappa shape index (κ2) is 4.52. The molecule has 0 aliphatic heterocycles. The maximum atomic E-state index is 13.8. The molecule has 1 fully saturated rings. The molecule has 0 atom stereocenters. The van der Waals surface area contributed by atoms with Crippen LogP contribution in [0, 0.1) is 17.1 Å². The van der Waals surface area contributed by atoms with Crippen LogP contribution in [0.2, 0.25) is 0 Å². The molecule has 0 radical (unpaired) electrons. The number of nitrogens with zero attached hydrogens (tertiary/aromatic N) is 2. The molecule has 1 aliphatic rings. The molecule has 0 saturated heterocycles. The van der Waals surface area contributed by atoms with Crippen LogP contribution in [-0.2, 0) is 0 Å². The molecule has 0 unspecified atom stereocenters. The van der Waals surface area contributed by atoms with Gasteiger partial charge in [-0.2, -0.15) is 5.26 Å². The fourth-order valence-corrected chi connectivity index (χ4v) is 1.94. The fourth-order valence-electron chi connectivity index (χ4n) is 1.94. The van der Waals surface area contributed by atoms with Gasteiger partial charge in [0.05, 0.1) is 17.3 Å². The van der Waals surface area contributed by atoms with Crippen molar-refractivity contribution in [3.05, 3.63) is 29.6 Å². The Bertz CT molecular complexity index is 418. The van der Waals surface area contributed by atoms with Crippen LogP contribution in [0.15, 0.2) is 18.2 Å². The van der Waals surface area contributed by atoms with Crippen molar-refractivity contribution in [3.63, 3.8) is 0 Å². The summed E-state index contributed by atoms with van der Waals surface area (Å²) in [6, 6.07) is 7.18. The summed E-state index contributed by atoms with van der Waals surface area (Å²) in [7, 11) is 0. The zero-order valence-corrected chi connectivity index (χ0v) is 9.41.